The van der Waals surface area contributed by atoms with Gasteiger partial charge in [-0.3, -0.25) is 4.79 Å². The van der Waals surface area contributed by atoms with Crippen molar-refractivity contribution in [2.24, 2.45) is 0 Å². The third-order valence-electron chi connectivity index (χ3n) is 1.48. The van der Waals surface area contributed by atoms with Gasteiger partial charge in [0.05, 0.1) is 6.61 Å². The summed E-state index contributed by atoms with van der Waals surface area (Å²) in [6.07, 6.45) is 0.465. The minimum absolute atomic E-state index is 0.0547. The molecule has 0 aliphatic heterocycles. The summed E-state index contributed by atoms with van der Waals surface area (Å²) in [5.74, 6) is 0.144. The zero-order chi connectivity index (χ0) is 8.15. The molecule has 0 aliphatic carbocycles. The number of aliphatic hydroxyl groups is 1. The molecule has 0 radical (unpaired) electrons. The standard InChI is InChI=1S/C8H14O2/c1-6(4-8(3)10)7(2)5-9/h9H,4-5H2,1-3H3/b7-6-. The molecule has 0 aromatic rings. The van der Waals surface area contributed by atoms with Gasteiger partial charge in [-0.25, -0.2) is 0 Å². The van der Waals surface area contributed by atoms with Crippen LogP contribution in [0.3, 0.4) is 0 Å². The molecule has 2 nitrogen and oxygen atoms in total. The average Bonchev–Trinajstić information content (AvgIpc) is 1.85. The van der Waals surface area contributed by atoms with Crippen molar-refractivity contribution >= 4 is 5.78 Å². The molecule has 58 valence electrons. The van der Waals surface area contributed by atoms with E-state index in [0.717, 1.165) is 11.1 Å². The van der Waals surface area contributed by atoms with Crippen LogP contribution in [0, 0.1) is 0 Å². The number of hydrogen-bond donors (Lipinski definition) is 1. The normalized spacial score (nSPS) is 12.8. The van der Waals surface area contributed by atoms with E-state index in [2.05, 4.69) is 0 Å². The van der Waals surface area contributed by atoms with Crippen molar-refractivity contribution < 1.29 is 9.90 Å². The molecule has 0 aromatic carbocycles. The van der Waals surface area contributed by atoms with Gasteiger partial charge >= 0.3 is 0 Å². The smallest absolute Gasteiger partial charge is 0.133 e. The summed E-state index contributed by atoms with van der Waals surface area (Å²) in [5.41, 5.74) is 1.88. The quantitative estimate of drug-likeness (QED) is 0.603. The Kier molecular flexibility index (Phi) is 3.96. The van der Waals surface area contributed by atoms with Gasteiger partial charge < -0.3 is 5.11 Å². The Balaban J connectivity index is 4.04. The maximum atomic E-state index is 10.6. The van der Waals surface area contributed by atoms with E-state index in [1.165, 1.54) is 0 Å². The van der Waals surface area contributed by atoms with Crippen LogP contribution in [0.25, 0.3) is 0 Å². The van der Waals surface area contributed by atoms with E-state index in [0.29, 0.717) is 6.42 Å². The van der Waals surface area contributed by atoms with Crippen molar-refractivity contribution in [3.05, 3.63) is 11.1 Å². The van der Waals surface area contributed by atoms with E-state index in [9.17, 15) is 4.79 Å². The summed E-state index contributed by atoms with van der Waals surface area (Å²) in [5, 5.41) is 8.65. The van der Waals surface area contributed by atoms with Gasteiger partial charge in [-0.15, -0.1) is 0 Å². The first-order chi connectivity index (χ1) is 4.57. The van der Waals surface area contributed by atoms with Crippen LogP contribution in [0.15, 0.2) is 11.1 Å². The molecule has 0 rings (SSSR count). The first kappa shape index (κ1) is 9.37. The molecule has 10 heavy (non-hydrogen) atoms. The van der Waals surface area contributed by atoms with Crippen molar-refractivity contribution in [3.8, 4) is 0 Å². The van der Waals surface area contributed by atoms with Crippen LogP contribution >= 0.6 is 0 Å². The minimum atomic E-state index is 0.0547. The molecule has 0 atom stereocenters. The number of aliphatic hydroxyl groups excluding tert-OH is 1. The highest BCUT2D eigenvalue weighted by molar-refractivity contribution is 5.78. The average molecular weight is 142 g/mol. The van der Waals surface area contributed by atoms with Crippen molar-refractivity contribution in [3.63, 3.8) is 0 Å². The third-order valence-corrected chi connectivity index (χ3v) is 1.48. The summed E-state index contributed by atoms with van der Waals surface area (Å²) in [7, 11) is 0. The number of rotatable bonds is 3. The highest BCUT2D eigenvalue weighted by atomic mass is 16.3. The minimum Gasteiger partial charge on any atom is -0.392 e. The van der Waals surface area contributed by atoms with Gasteiger partial charge in [0.15, 0.2) is 0 Å². The van der Waals surface area contributed by atoms with E-state index in [-0.39, 0.29) is 12.4 Å². The lowest BCUT2D eigenvalue weighted by Gasteiger charge is -2.01. The van der Waals surface area contributed by atoms with Crippen molar-refractivity contribution in [2.45, 2.75) is 27.2 Å². The van der Waals surface area contributed by atoms with Crippen LogP contribution < -0.4 is 0 Å². The number of Topliss-reactive ketones (excluding diaryl/α,β-unsaturated/α-hetero) is 1. The molecule has 0 bridgehead atoms. The van der Waals surface area contributed by atoms with Gasteiger partial charge in [0, 0.05) is 6.42 Å². The van der Waals surface area contributed by atoms with Crippen LogP contribution in [-0.4, -0.2) is 17.5 Å². The Labute approximate surface area is 61.6 Å². The molecule has 0 amide bonds. The van der Waals surface area contributed by atoms with Crippen LogP contribution in [0.1, 0.15) is 27.2 Å². The monoisotopic (exact) mass is 142 g/mol. The van der Waals surface area contributed by atoms with E-state index >= 15 is 0 Å². The molecule has 0 unspecified atom stereocenters. The largest absolute Gasteiger partial charge is 0.392 e. The van der Waals surface area contributed by atoms with Crippen LogP contribution in [-0.2, 0) is 4.79 Å². The van der Waals surface area contributed by atoms with Gasteiger partial charge in [0.1, 0.15) is 5.78 Å². The molecule has 0 aliphatic rings. The SMILES string of the molecule is CC(=O)C/C(C)=C(/C)CO. The Bertz CT molecular complexity index is 157. The van der Waals surface area contributed by atoms with Crippen molar-refractivity contribution in [1.82, 2.24) is 0 Å². The lowest BCUT2D eigenvalue weighted by Crippen LogP contribution is -1.95. The maximum Gasteiger partial charge on any atom is 0.133 e. The highest BCUT2D eigenvalue weighted by Gasteiger charge is 1.98. The molecule has 0 spiro atoms. The van der Waals surface area contributed by atoms with Crippen LogP contribution in [0.2, 0.25) is 0 Å². The van der Waals surface area contributed by atoms with Gasteiger partial charge in [0.2, 0.25) is 0 Å². The molecule has 0 saturated carbocycles. The topological polar surface area (TPSA) is 37.3 Å². The number of hydrogen-bond acceptors (Lipinski definition) is 2. The van der Waals surface area contributed by atoms with E-state index in [1.54, 1.807) is 6.92 Å². The molecule has 2 heteroatoms. The van der Waals surface area contributed by atoms with E-state index in [1.807, 2.05) is 13.8 Å². The molecular weight excluding hydrogens is 128 g/mol. The van der Waals surface area contributed by atoms with Crippen LogP contribution in [0.5, 0.6) is 0 Å². The number of carbonyl (C=O) groups excluding carboxylic acids is 1. The van der Waals surface area contributed by atoms with Gasteiger partial charge in [0.25, 0.3) is 0 Å². The predicted octanol–water partition coefficient (Wildman–Crippen LogP) is 1.29. The van der Waals surface area contributed by atoms with Gasteiger partial charge in [-0.05, 0) is 26.3 Å². The third kappa shape index (κ3) is 3.41. The molecule has 0 aromatic heterocycles. The molecule has 0 heterocycles. The van der Waals surface area contributed by atoms with Gasteiger partial charge in [-0.1, -0.05) is 5.57 Å². The second-order valence-electron chi connectivity index (χ2n) is 2.60. The maximum absolute atomic E-state index is 10.6. The molecule has 1 N–H and O–H groups in total. The van der Waals surface area contributed by atoms with Crippen molar-refractivity contribution in [2.75, 3.05) is 6.61 Å². The fourth-order valence-corrected chi connectivity index (χ4v) is 0.659. The lowest BCUT2D eigenvalue weighted by atomic mass is 10.1. The fourth-order valence-electron chi connectivity index (χ4n) is 0.659. The Morgan fingerprint density at radius 1 is 1.20 bits per heavy atom. The second kappa shape index (κ2) is 4.23. The Morgan fingerprint density at radius 3 is 2.00 bits per heavy atom. The Morgan fingerprint density at radius 2 is 1.70 bits per heavy atom. The number of allylic oxidation sites excluding steroid dienone is 1. The molecule has 0 saturated heterocycles. The first-order valence-electron chi connectivity index (χ1n) is 3.33. The molecular formula is C8H14O2. The number of ketones is 1. The van der Waals surface area contributed by atoms with Crippen LogP contribution in [0.4, 0.5) is 0 Å². The highest BCUT2D eigenvalue weighted by Crippen LogP contribution is 2.06. The van der Waals surface area contributed by atoms with Gasteiger partial charge in [-0.2, -0.15) is 0 Å². The zero-order valence-corrected chi connectivity index (χ0v) is 6.77. The second-order valence-corrected chi connectivity index (χ2v) is 2.60. The number of carbonyl (C=O) groups is 1. The summed E-state index contributed by atoms with van der Waals surface area (Å²) in [6.45, 7) is 5.30. The predicted molar refractivity (Wildman–Crippen MR) is 40.8 cm³/mol. The molecule has 0 fully saturated rings. The summed E-state index contributed by atoms with van der Waals surface area (Å²) < 4.78 is 0. The lowest BCUT2D eigenvalue weighted by molar-refractivity contribution is -0.116. The zero-order valence-electron chi connectivity index (χ0n) is 6.77. The fraction of sp³-hybridized carbons (Fsp3) is 0.625. The van der Waals surface area contributed by atoms with Crippen molar-refractivity contribution in [1.29, 1.82) is 0 Å². The van der Waals surface area contributed by atoms with E-state index < -0.39 is 0 Å². The Hall–Kier alpha value is -0.630. The first-order valence-corrected chi connectivity index (χ1v) is 3.33. The van der Waals surface area contributed by atoms with E-state index in [4.69, 9.17) is 5.11 Å². The summed E-state index contributed by atoms with van der Waals surface area (Å²) >= 11 is 0. The summed E-state index contributed by atoms with van der Waals surface area (Å²) in [6, 6.07) is 0. The summed E-state index contributed by atoms with van der Waals surface area (Å²) in [4.78, 5) is 10.6.